The van der Waals surface area contributed by atoms with Gasteiger partial charge in [-0.25, -0.2) is 4.98 Å². The van der Waals surface area contributed by atoms with Gasteiger partial charge in [-0.05, 0) is 36.4 Å². The molecule has 3 aromatic heterocycles. The highest BCUT2D eigenvalue weighted by atomic mass is 35.5. The van der Waals surface area contributed by atoms with Crippen LogP contribution in [0.15, 0.2) is 83.6 Å². The lowest BCUT2D eigenvalue weighted by atomic mass is 10.0. The summed E-state index contributed by atoms with van der Waals surface area (Å²) >= 11 is 6.01. The van der Waals surface area contributed by atoms with Gasteiger partial charge in [0.25, 0.3) is 5.91 Å². The first-order chi connectivity index (χ1) is 15.7. The summed E-state index contributed by atoms with van der Waals surface area (Å²) in [7, 11) is 0. The fraction of sp³-hybridized carbons (Fsp3) is 0.0417. The van der Waals surface area contributed by atoms with Crippen LogP contribution >= 0.6 is 11.6 Å². The van der Waals surface area contributed by atoms with Crippen LogP contribution < -0.4 is 5.32 Å². The van der Waals surface area contributed by atoms with Gasteiger partial charge in [0.1, 0.15) is 0 Å². The molecule has 8 heteroatoms. The second-order valence-corrected chi connectivity index (χ2v) is 7.45. The molecule has 0 aliphatic heterocycles. The van der Waals surface area contributed by atoms with Crippen LogP contribution in [0.25, 0.3) is 33.5 Å². The van der Waals surface area contributed by atoms with E-state index in [2.05, 4.69) is 20.4 Å². The van der Waals surface area contributed by atoms with Crippen molar-refractivity contribution in [2.24, 2.45) is 0 Å². The van der Waals surface area contributed by atoms with Crippen molar-refractivity contribution in [3.63, 3.8) is 0 Å². The van der Waals surface area contributed by atoms with Gasteiger partial charge in [0, 0.05) is 33.9 Å². The zero-order chi connectivity index (χ0) is 21.9. The molecular formula is C24H16ClN5O2. The predicted octanol–water partition coefficient (Wildman–Crippen LogP) is 4.93. The highest BCUT2D eigenvalue weighted by Crippen LogP contribution is 2.26. The summed E-state index contributed by atoms with van der Waals surface area (Å²) in [6, 6.07) is 20.2. The fourth-order valence-electron chi connectivity index (χ4n) is 3.33. The molecule has 3 heterocycles. The van der Waals surface area contributed by atoms with Gasteiger partial charge < -0.3 is 9.84 Å². The molecule has 1 N–H and O–H groups in total. The Morgan fingerprint density at radius 1 is 0.938 bits per heavy atom. The highest BCUT2D eigenvalue weighted by Gasteiger charge is 2.15. The van der Waals surface area contributed by atoms with E-state index in [0.29, 0.717) is 28.0 Å². The number of fused-ring (bicyclic) bond motifs is 1. The van der Waals surface area contributed by atoms with Crippen LogP contribution in [0.5, 0.6) is 0 Å². The summed E-state index contributed by atoms with van der Waals surface area (Å²) in [5, 5.41) is 8.22. The molecule has 32 heavy (non-hydrogen) atoms. The quantitative estimate of drug-likeness (QED) is 0.415. The van der Waals surface area contributed by atoms with Crippen molar-refractivity contribution in [1.82, 2.24) is 25.4 Å². The molecule has 156 valence electrons. The number of rotatable bonds is 5. The molecule has 0 saturated carbocycles. The number of hydrogen-bond acceptors (Lipinski definition) is 6. The smallest absolute Gasteiger partial charge is 0.252 e. The fourth-order valence-corrected chi connectivity index (χ4v) is 3.45. The van der Waals surface area contributed by atoms with Gasteiger partial charge in [-0.1, -0.05) is 47.1 Å². The number of benzene rings is 2. The average Bonchev–Trinajstić information content (AvgIpc) is 3.32. The normalized spacial score (nSPS) is 10.9. The SMILES string of the molecule is O=C(NCc1nc(-c2ccncc2)no1)c1cc(-c2ccc(Cl)cc2)nc2ccccc12. The molecule has 0 fully saturated rings. The first-order valence-electron chi connectivity index (χ1n) is 9.84. The van der Waals surface area contributed by atoms with E-state index in [0.717, 1.165) is 22.0 Å². The van der Waals surface area contributed by atoms with Crippen LogP contribution in [0, 0.1) is 0 Å². The number of pyridine rings is 2. The Kier molecular flexibility index (Phi) is 5.31. The van der Waals surface area contributed by atoms with Gasteiger partial charge in [-0.15, -0.1) is 0 Å². The van der Waals surface area contributed by atoms with E-state index in [-0.39, 0.29) is 12.5 Å². The van der Waals surface area contributed by atoms with Gasteiger partial charge >= 0.3 is 0 Å². The molecule has 0 bridgehead atoms. The van der Waals surface area contributed by atoms with Crippen LogP contribution in [0.1, 0.15) is 16.2 Å². The topological polar surface area (TPSA) is 93.8 Å². The molecule has 1 amide bonds. The van der Waals surface area contributed by atoms with E-state index < -0.39 is 0 Å². The zero-order valence-corrected chi connectivity index (χ0v) is 17.5. The van der Waals surface area contributed by atoms with Crippen molar-refractivity contribution in [2.45, 2.75) is 6.54 Å². The number of hydrogen-bond donors (Lipinski definition) is 1. The van der Waals surface area contributed by atoms with Gasteiger partial charge in [0.15, 0.2) is 0 Å². The lowest BCUT2D eigenvalue weighted by molar-refractivity contribution is 0.0948. The molecule has 5 rings (SSSR count). The number of aromatic nitrogens is 4. The summed E-state index contributed by atoms with van der Waals surface area (Å²) in [5.41, 5.74) is 3.57. The Balaban J connectivity index is 1.42. The van der Waals surface area contributed by atoms with Crippen LogP contribution in [-0.4, -0.2) is 26.0 Å². The second kappa shape index (κ2) is 8.56. The molecule has 0 aliphatic rings. The van der Waals surface area contributed by atoms with E-state index in [1.807, 2.05) is 36.4 Å². The number of halogens is 1. The Labute approximate surface area is 188 Å². The maximum absolute atomic E-state index is 13.1. The Morgan fingerprint density at radius 3 is 2.53 bits per heavy atom. The third kappa shape index (κ3) is 4.06. The van der Waals surface area contributed by atoms with E-state index >= 15 is 0 Å². The number of carbonyl (C=O) groups excluding carboxylic acids is 1. The molecule has 7 nitrogen and oxygen atoms in total. The van der Waals surface area contributed by atoms with Gasteiger partial charge in [-0.2, -0.15) is 4.98 Å². The minimum Gasteiger partial charge on any atom is -0.343 e. The van der Waals surface area contributed by atoms with Crippen molar-refractivity contribution < 1.29 is 9.32 Å². The van der Waals surface area contributed by atoms with Crippen molar-refractivity contribution in [3.8, 4) is 22.6 Å². The first-order valence-corrected chi connectivity index (χ1v) is 10.2. The van der Waals surface area contributed by atoms with E-state index in [1.54, 1.807) is 42.7 Å². The average molecular weight is 442 g/mol. The maximum atomic E-state index is 13.1. The number of nitrogens with one attached hydrogen (secondary N) is 1. The third-order valence-corrected chi connectivity index (χ3v) is 5.16. The Morgan fingerprint density at radius 2 is 1.72 bits per heavy atom. The summed E-state index contributed by atoms with van der Waals surface area (Å²) in [6.45, 7) is 0.101. The van der Waals surface area contributed by atoms with Crippen molar-refractivity contribution in [1.29, 1.82) is 0 Å². The molecule has 2 aromatic carbocycles. The standard InChI is InChI=1S/C24H16ClN5O2/c25-17-7-5-15(6-8-17)21-13-19(18-3-1-2-4-20(18)28-21)24(31)27-14-22-29-23(30-32-22)16-9-11-26-12-10-16/h1-13H,14H2,(H,27,31). The maximum Gasteiger partial charge on any atom is 0.252 e. The summed E-state index contributed by atoms with van der Waals surface area (Å²) in [6.07, 6.45) is 3.31. The summed E-state index contributed by atoms with van der Waals surface area (Å²) < 4.78 is 5.28. The van der Waals surface area contributed by atoms with Crippen LogP contribution in [0.4, 0.5) is 0 Å². The Bertz CT molecular complexity index is 1400. The predicted molar refractivity (Wildman–Crippen MR) is 121 cm³/mol. The van der Waals surface area contributed by atoms with Crippen molar-refractivity contribution in [3.05, 3.63) is 95.6 Å². The second-order valence-electron chi connectivity index (χ2n) is 7.01. The molecule has 0 aliphatic carbocycles. The minimum absolute atomic E-state index is 0.101. The molecular weight excluding hydrogens is 426 g/mol. The number of nitrogens with zero attached hydrogens (tertiary/aromatic N) is 4. The minimum atomic E-state index is -0.262. The van der Waals surface area contributed by atoms with Crippen LogP contribution in [0.2, 0.25) is 5.02 Å². The Hall–Kier alpha value is -4.10. The lowest BCUT2D eigenvalue weighted by Gasteiger charge is -2.10. The zero-order valence-electron chi connectivity index (χ0n) is 16.7. The van der Waals surface area contributed by atoms with Gasteiger partial charge in [0.05, 0.1) is 23.3 Å². The molecule has 0 saturated heterocycles. The molecule has 0 spiro atoms. The number of amides is 1. The van der Waals surface area contributed by atoms with E-state index in [1.165, 1.54) is 0 Å². The van der Waals surface area contributed by atoms with Gasteiger partial charge in [0.2, 0.25) is 11.7 Å². The van der Waals surface area contributed by atoms with Crippen LogP contribution in [-0.2, 0) is 6.54 Å². The third-order valence-electron chi connectivity index (χ3n) is 4.91. The largest absolute Gasteiger partial charge is 0.343 e. The summed E-state index contributed by atoms with van der Waals surface area (Å²) in [4.78, 5) is 26.1. The number of carbonyl (C=O) groups is 1. The molecule has 0 radical (unpaired) electrons. The lowest BCUT2D eigenvalue weighted by Crippen LogP contribution is -2.23. The van der Waals surface area contributed by atoms with Crippen LogP contribution in [0.3, 0.4) is 0 Å². The first kappa shape index (κ1) is 19.8. The van der Waals surface area contributed by atoms with Crippen molar-refractivity contribution in [2.75, 3.05) is 0 Å². The molecule has 0 atom stereocenters. The number of para-hydroxylation sites is 1. The molecule has 0 unspecified atom stereocenters. The highest BCUT2D eigenvalue weighted by molar-refractivity contribution is 6.30. The summed E-state index contributed by atoms with van der Waals surface area (Å²) in [5.74, 6) is 0.486. The van der Waals surface area contributed by atoms with Gasteiger partial charge in [-0.3, -0.25) is 9.78 Å². The molecule has 5 aromatic rings. The van der Waals surface area contributed by atoms with Crippen molar-refractivity contribution >= 4 is 28.4 Å². The monoisotopic (exact) mass is 441 g/mol. The van der Waals surface area contributed by atoms with E-state index in [4.69, 9.17) is 21.1 Å². The van der Waals surface area contributed by atoms with E-state index in [9.17, 15) is 4.79 Å².